The van der Waals surface area contributed by atoms with Crippen LogP contribution in [-0.2, 0) is 9.59 Å². The Hall–Kier alpha value is -2.57. The molecule has 20 heavy (non-hydrogen) atoms. The van der Waals surface area contributed by atoms with Crippen molar-refractivity contribution in [3.05, 3.63) is 29.8 Å². The number of carbonyl (C=O) groups excluding carboxylic acids is 2. The molecular weight excluding hydrogens is 264 g/mol. The number of benzene rings is 1. The summed E-state index contributed by atoms with van der Waals surface area (Å²) in [6.45, 7) is 0. The molecule has 1 rings (SSSR count). The molecule has 0 spiro atoms. The third-order valence-corrected chi connectivity index (χ3v) is 2.61. The number of carboxylic acids is 1. The Morgan fingerprint density at radius 1 is 1.40 bits per heavy atom. The van der Waals surface area contributed by atoms with E-state index in [1.165, 1.54) is 19.2 Å². The fraction of sp³-hybridized carbons (Fsp3) is 0.308. The van der Waals surface area contributed by atoms with E-state index in [-0.39, 0.29) is 18.4 Å². The second kappa shape index (κ2) is 7.13. The van der Waals surface area contributed by atoms with Crippen LogP contribution in [0.15, 0.2) is 24.3 Å². The first-order chi connectivity index (χ1) is 9.43. The van der Waals surface area contributed by atoms with Gasteiger partial charge in [-0.25, -0.2) is 4.79 Å². The normalized spacial score (nSPS) is 11.4. The van der Waals surface area contributed by atoms with Gasteiger partial charge in [0.2, 0.25) is 5.91 Å². The van der Waals surface area contributed by atoms with Crippen molar-refractivity contribution in [3.8, 4) is 5.75 Å². The van der Waals surface area contributed by atoms with Gasteiger partial charge in [0.1, 0.15) is 11.8 Å². The van der Waals surface area contributed by atoms with E-state index in [0.717, 1.165) is 0 Å². The minimum Gasteiger partial charge on any atom is -0.497 e. The van der Waals surface area contributed by atoms with Crippen LogP contribution in [0.5, 0.6) is 5.75 Å². The van der Waals surface area contributed by atoms with Crippen molar-refractivity contribution in [1.82, 2.24) is 5.32 Å². The zero-order valence-corrected chi connectivity index (χ0v) is 11.0. The molecule has 2 amide bonds. The van der Waals surface area contributed by atoms with Gasteiger partial charge in [0.15, 0.2) is 0 Å². The summed E-state index contributed by atoms with van der Waals surface area (Å²) in [5, 5.41) is 11.3. The fourth-order valence-corrected chi connectivity index (χ4v) is 1.55. The molecule has 0 fully saturated rings. The predicted molar refractivity (Wildman–Crippen MR) is 70.3 cm³/mol. The molecule has 7 heteroatoms. The van der Waals surface area contributed by atoms with Crippen LogP contribution >= 0.6 is 0 Å². The summed E-state index contributed by atoms with van der Waals surface area (Å²) >= 11 is 0. The number of aliphatic carboxylic acids is 1. The van der Waals surface area contributed by atoms with Crippen molar-refractivity contribution >= 4 is 17.8 Å². The number of primary amides is 1. The topological polar surface area (TPSA) is 119 Å². The summed E-state index contributed by atoms with van der Waals surface area (Å²) in [5.74, 6) is -1.91. The highest BCUT2D eigenvalue weighted by Crippen LogP contribution is 2.12. The van der Waals surface area contributed by atoms with E-state index in [0.29, 0.717) is 5.75 Å². The highest BCUT2D eigenvalue weighted by atomic mass is 16.5. The monoisotopic (exact) mass is 280 g/mol. The molecule has 1 aromatic carbocycles. The van der Waals surface area contributed by atoms with Crippen LogP contribution in [0, 0.1) is 0 Å². The highest BCUT2D eigenvalue weighted by molar-refractivity contribution is 5.97. The van der Waals surface area contributed by atoms with Gasteiger partial charge in [-0.05, 0) is 24.6 Å². The van der Waals surface area contributed by atoms with E-state index in [1.54, 1.807) is 12.1 Å². The highest BCUT2D eigenvalue weighted by Gasteiger charge is 2.21. The van der Waals surface area contributed by atoms with Crippen LogP contribution in [0.25, 0.3) is 0 Å². The lowest BCUT2D eigenvalue weighted by atomic mass is 10.1. The first-order valence-corrected chi connectivity index (χ1v) is 5.90. The lowest BCUT2D eigenvalue weighted by Crippen LogP contribution is -2.41. The van der Waals surface area contributed by atoms with Crippen LogP contribution in [0.2, 0.25) is 0 Å². The van der Waals surface area contributed by atoms with E-state index >= 15 is 0 Å². The Morgan fingerprint density at radius 2 is 2.10 bits per heavy atom. The molecule has 0 saturated carbocycles. The maximum Gasteiger partial charge on any atom is 0.326 e. The zero-order chi connectivity index (χ0) is 15.1. The number of carbonyl (C=O) groups is 3. The quantitative estimate of drug-likeness (QED) is 0.656. The van der Waals surface area contributed by atoms with Crippen LogP contribution in [0.4, 0.5) is 0 Å². The van der Waals surface area contributed by atoms with E-state index in [1.807, 2.05) is 0 Å². The molecule has 1 aromatic rings. The Labute approximate surface area is 115 Å². The Morgan fingerprint density at radius 3 is 2.65 bits per heavy atom. The number of amides is 2. The number of ether oxygens (including phenoxy) is 1. The third kappa shape index (κ3) is 4.60. The maximum atomic E-state index is 11.9. The average molecular weight is 280 g/mol. The van der Waals surface area contributed by atoms with Crippen LogP contribution in [-0.4, -0.2) is 36.0 Å². The first-order valence-electron chi connectivity index (χ1n) is 5.90. The summed E-state index contributed by atoms with van der Waals surface area (Å²) in [6, 6.07) is 5.14. The first kappa shape index (κ1) is 15.5. The summed E-state index contributed by atoms with van der Waals surface area (Å²) in [6.07, 6.45) is -0.171. The van der Waals surface area contributed by atoms with Gasteiger partial charge in [0.25, 0.3) is 5.91 Å². The molecule has 0 aliphatic rings. The second-order valence-corrected chi connectivity index (χ2v) is 4.10. The number of nitrogens with two attached hydrogens (primary N) is 1. The van der Waals surface area contributed by atoms with E-state index in [4.69, 9.17) is 15.6 Å². The number of methoxy groups -OCH3 is 1. The Balaban J connectivity index is 2.74. The van der Waals surface area contributed by atoms with Crippen molar-refractivity contribution < 1.29 is 24.2 Å². The molecule has 0 saturated heterocycles. The molecule has 108 valence electrons. The van der Waals surface area contributed by atoms with Gasteiger partial charge in [0, 0.05) is 12.0 Å². The van der Waals surface area contributed by atoms with Gasteiger partial charge in [-0.2, -0.15) is 0 Å². The largest absolute Gasteiger partial charge is 0.497 e. The molecule has 1 atom stereocenters. The van der Waals surface area contributed by atoms with Gasteiger partial charge in [-0.1, -0.05) is 6.07 Å². The van der Waals surface area contributed by atoms with Gasteiger partial charge < -0.3 is 20.9 Å². The molecule has 0 unspecified atom stereocenters. The molecular formula is C13H16N2O5. The molecule has 0 aromatic heterocycles. The molecule has 0 bridgehead atoms. The zero-order valence-electron chi connectivity index (χ0n) is 11.0. The van der Waals surface area contributed by atoms with Crippen molar-refractivity contribution in [2.75, 3.05) is 7.11 Å². The summed E-state index contributed by atoms with van der Waals surface area (Å²) < 4.78 is 4.98. The number of carboxylic acid groups (broad SMARTS) is 1. The number of hydrogen-bond acceptors (Lipinski definition) is 4. The summed E-state index contributed by atoms with van der Waals surface area (Å²) in [5.41, 5.74) is 5.23. The Kier molecular flexibility index (Phi) is 5.52. The molecule has 0 aliphatic carbocycles. The van der Waals surface area contributed by atoms with Crippen LogP contribution < -0.4 is 15.8 Å². The van der Waals surface area contributed by atoms with E-state index < -0.39 is 23.8 Å². The van der Waals surface area contributed by atoms with Crippen molar-refractivity contribution in [2.24, 2.45) is 5.73 Å². The van der Waals surface area contributed by atoms with Gasteiger partial charge in [0.05, 0.1) is 7.11 Å². The Bertz CT molecular complexity index is 515. The van der Waals surface area contributed by atoms with Crippen molar-refractivity contribution in [2.45, 2.75) is 18.9 Å². The SMILES string of the molecule is COc1cccc(C(=O)N[C@@H](CCC(N)=O)C(=O)O)c1. The number of nitrogens with one attached hydrogen (secondary N) is 1. The lowest BCUT2D eigenvalue weighted by molar-refractivity contribution is -0.139. The minimum atomic E-state index is -1.22. The van der Waals surface area contributed by atoms with Gasteiger partial charge in [-0.15, -0.1) is 0 Å². The van der Waals surface area contributed by atoms with Gasteiger partial charge >= 0.3 is 5.97 Å². The number of rotatable bonds is 7. The smallest absolute Gasteiger partial charge is 0.326 e. The third-order valence-electron chi connectivity index (χ3n) is 2.61. The predicted octanol–water partition coefficient (Wildman–Crippen LogP) is 0.144. The summed E-state index contributed by atoms with van der Waals surface area (Å²) in [4.78, 5) is 33.6. The second-order valence-electron chi connectivity index (χ2n) is 4.10. The molecule has 0 heterocycles. The molecule has 7 nitrogen and oxygen atoms in total. The van der Waals surface area contributed by atoms with Crippen LogP contribution in [0.3, 0.4) is 0 Å². The van der Waals surface area contributed by atoms with Crippen molar-refractivity contribution in [3.63, 3.8) is 0 Å². The fourth-order valence-electron chi connectivity index (χ4n) is 1.55. The molecule has 0 aliphatic heterocycles. The standard InChI is InChI=1S/C13H16N2O5/c1-20-9-4-2-3-8(7-9)12(17)15-10(13(18)19)5-6-11(14)16/h2-4,7,10H,5-6H2,1H3,(H2,14,16)(H,15,17)(H,18,19)/t10-/m0/s1. The van der Waals surface area contributed by atoms with E-state index in [2.05, 4.69) is 5.32 Å². The summed E-state index contributed by atoms with van der Waals surface area (Å²) in [7, 11) is 1.46. The maximum absolute atomic E-state index is 11.9. The minimum absolute atomic E-state index is 0.0552. The van der Waals surface area contributed by atoms with E-state index in [9.17, 15) is 14.4 Å². The van der Waals surface area contributed by atoms with Crippen molar-refractivity contribution in [1.29, 1.82) is 0 Å². The van der Waals surface area contributed by atoms with Crippen LogP contribution in [0.1, 0.15) is 23.2 Å². The molecule has 4 N–H and O–H groups in total. The lowest BCUT2D eigenvalue weighted by Gasteiger charge is -2.14. The average Bonchev–Trinajstić information content (AvgIpc) is 2.42. The number of hydrogen-bond donors (Lipinski definition) is 3. The molecule has 0 radical (unpaired) electrons. The van der Waals surface area contributed by atoms with Gasteiger partial charge in [-0.3, -0.25) is 9.59 Å².